The van der Waals surface area contributed by atoms with Gasteiger partial charge in [-0.1, -0.05) is 36.8 Å². The summed E-state index contributed by atoms with van der Waals surface area (Å²) in [6.45, 7) is 8.60. The molecule has 0 atom stereocenters. The maximum absolute atomic E-state index is 5.57. The Bertz CT molecular complexity index is 878. The molecule has 0 aliphatic rings. The molecule has 0 amide bonds. The smallest absolute Gasteiger partial charge is 0.124 e. The number of methoxy groups -OCH3 is 1. The lowest BCUT2D eigenvalue weighted by atomic mass is 10.0. The summed E-state index contributed by atoms with van der Waals surface area (Å²) in [6.07, 6.45) is 0.977. The van der Waals surface area contributed by atoms with E-state index in [0.29, 0.717) is 0 Å². The highest BCUT2D eigenvalue weighted by Gasteiger charge is 2.12. The van der Waals surface area contributed by atoms with E-state index < -0.39 is 0 Å². The Labute approximate surface area is 154 Å². The number of nitrogens with one attached hydrogen (secondary N) is 1. The van der Waals surface area contributed by atoms with Crippen molar-refractivity contribution in [3.63, 3.8) is 0 Å². The van der Waals surface area contributed by atoms with Gasteiger partial charge < -0.3 is 10.1 Å². The molecular formula is C22H25NOS. The molecule has 1 heterocycles. The molecule has 2 nitrogen and oxygen atoms in total. The van der Waals surface area contributed by atoms with Crippen molar-refractivity contribution in [1.82, 2.24) is 0 Å². The lowest BCUT2D eigenvalue weighted by molar-refractivity contribution is 0.410. The molecule has 0 radical (unpaired) electrons. The first kappa shape index (κ1) is 17.6. The van der Waals surface area contributed by atoms with Crippen LogP contribution in [0.5, 0.6) is 5.75 Å². The monoisotopic (exact) mass is 351 g/mol. The molecule has 0 saturated carbocycles. The molecule has 0 saturated heterocycles. The Balaban J connectivity index is 1.92. The lowest BCUT2D eigenvalue weighted by Crippen LogP contribution is -1.97. The molecule has 3 rings (SSSR count). The Kier molecular flexibility index (Phi) is 5.14. The van der Waals surface area contributed by atoms with E-state index in [4.69, 9.17) is 4.74 Å². The molecule has 130 valence electrons. The van der Waals surface area contributed by atoms with Crippen LogP contribution >= 0.6 is 11.3 Å². The largest absolute Gasteiger partial charge is 0.496 e. The van der Waals surface area contributed by atoms with Crippen molar-refractivity contribution in [2.24, 2.45) is 0 Å². The number of aryl methyl sites for hydroxylation is 2. The Morgan fingerprint density at radius 2 is 1.76 bits per heavy atom. The number of hydrogen-bond donors (Lipinski definition) is 1. The predicted octanol–water partition coefficient (Wildman–Crippen LogP) is 6.65. The van der Waals surface area contributed by atoms with Crippen molar-refractivity contribution in [3.05, 3.63) is 64.0 Å². The number of rotatable bonds is 5. The second-order valence-electron chi connectivity index (χ2n) is 6.42. The first-order valence-corrected chi connectivity index (χ1v) is 9.51. The van der Waals surface area contributed by atoms with Crippen molar-refractivity contribution in [2.45, 2.75) is 34.1 Å². The SMILES string of the molecule is CCc1c(C)cc(Nc2scc(-c3ccc(C)cc3)c2C)cc1OC. The zero-order chi connectivity index (χ0) is 18.0. The van der Waals surface area contributed by atoms with Crippen LogP contribution in [0.15, 0.2) is 41.8 Å². The maximum Gasteiger partial charge on any atom is 0.124 e. The fourth-order valence-electron chi connectivity index (χ4n) is 3.18. The van der Waals surface area contributed by atoms with Gasteiger partial charge in [0.2, 0.25) is 0 Å². The van der Waals surface area contributed by atoms with Crippen LogP contribution < -0.4 is 10.1 Å². The minimum absolute atomic E-state index is 0.956. The van der Waals surface area contributed by atoms with E-state index in [1.165, 1.54) is 38.4 Å². The molecule has 0 spiro atoms. The summed E-state index contributed by atoms with van der Waals surface area (Å²) in [4.78, 5) is 0. The molecule has 3 heteroatoms. The van der Waals surface area contributed by atoms with Crippen molar-refractivity contribution in [1.29, 1.82) is 0 Å². The van der Waals surface area contributed by atoms with E-state index in [1.807, 2.05) is 0 Å². The standard InChI is InChI=1S/C22H25NOS/c1-6-19-15(3)11-18(12-21(19)24-5)23-22-16(4)20(13-25-22)17-9-7-14(2)8-10-17/h7-13,23H,6H2,1-5H3. The first-order valence-electron chi connectivity index (χ1n) is 8.63. The van der Waals surface area contributed by atoms with E-state index in [0.717, 1.165) is 17.9 Å². The highest BCUT2D eigenvalue weighted by Crippen LogP contribution is 2.38. The summed E-state index contributed by atoms with van der Waals surface area (Å²) >= 11 is 1.75. The molecular weight excluding hydrogens is 326 g/mol. The van der Waals surface area contributed by atoms with E-state index >= 15 is 0 Å². The first-order chi connectivity index (χ1) is 12.0. The summed E-state index contributed by atoms with van der Waals surface area (Å²) in [5.41, 5.74) is 8.74. The Morgan fingerprint density at radius 3 is 2.40 bits per heavy atom. The van der Waals surface area contributed by atoms with Crippen LogP contribution in [0.4, 0.5) is 10.7 Å². The summed E-state index contributed by atoms with van der Waals surface area (Å²) in [5, 5.41) is 6.99. The highest BCUT2D eigenvalue weighted by atomic mass is 32.1. The van der Waals surface area contributed by atoms with Crippen molar-refractivity contribution < 1.29 is 4.74 Å². The highest BCUT2D eigenvalue weighted by molar-refractivity contribution is 7.14. The molecule has 0 fully saturated rings. The van der Waals surface area contributed by atoms with Crippen molar-refractivity contribution in [3.8, 4) is 16.9 Å². The van der Waals surface area contributed by atoms with Gasteiger partial charge in [-0.3, -0.25) is 0 Å². The van der Waals surface area contributed by atoms with Gasteiger partial charge in [-0.15, -0.1) is 11.3 Å². The van der Waals surface area contributed by atoms with Crippen LogP contribution in [-0.4, -0.2) is 7.11 Å². The Hall–Kier alpha value is -2.26. The van der Waals surface area contributed by atoms with Gasteiger partial charge in [-0.2, -0.15) is 0 Å². The van der Waals surface area contributed by atoms with Crippen LogP contribution in [0.3, 0.4) is 0 Å². The van der Waals surface area contributed by atoms with Gasteiger partial charge in [-0.05, 0) is 61.1 Å². The summed E-state index contributed by atoms with van der Waals surface area (Å²) in [6, 6.07) is 13.0. The second kappa shape index (κ2) is 7.32. The van der Waals surface area contributed by atoms with Crippen LogP contribution in [0.1, 0.15) is 29.2 Å². The second-order valence-corrected chi connectivity index (χ2v) is 7.30. The van der Waals surface area contributed by atoms with Crippen LogP contribution in [0.2, 0.25) is 0 Å². The number of anilines is 2. The average Bonchev–Trinajstić information content (AvgIpc) is 2.96. The fourth-order valence-corrected chi connectivity index (χ4v) is 4.19. The van der Waals surface area contributed by atoms with E-state index in [9.17, 15) is 0 Å². The normalized spacial score (nSPS) is 10.8. The minimum Gasteiger partial charge on any atom is -0.496 e. The minimum atomic E-state index is 0.956. The zero-order valence-electron chi connectivity index (χ0n) is 15.6. The van der Waals surface area contributed by atoms with Crippen molar-refractivity contribution in [2.75, 3.05) is 12.4 Å². The third-order valence-electron chi connectivity index (χ3n) is 4.67. The van der Waals surface area contributed by atoms with Crippen LogP contribution in [0, 0.1) is 20.8 Å². The van der Waals surface area contributed by atoms with Gasteiger partial charge in [-0.25, -0.2) is 0 Å². The van der Waals surface area contributed by atoms with Gasteiger partial charge in [0, 0.05) is 17.1 Å². The predicted molar refractivity (Wildman–Crippen MR) is 110 cm³/mol. The number of benzene rings is 2. The van der Waals surface area contributed by atoms with E-state index in [1.54, 1.807) is 18.4 Å². The van der Waals surface area contributed by atoms with Gasteiger partial charge in [0.25, 0.3) is 0 Å². The zero-order valence-corrected chi connectivity index (χ0v) is 16.4. The molecule has 25 heavy (non-hydrogen) atoms. The summed E-state index contributed by atoms with van der Waals surface area (Å²) in [5.74, 6) is 0.956. The van der Waals surface area contributed by atoms with Crippen molar-refractivity contribution >= 4 is 22.0 Å². The number of hydrogen-bond acceptors (Lipinski definition) is 3. The van der Waals surface area contributed by atoms with Gasteiger partial charge in [0.05, 0.1) is 12.1 Å². The number of thiophene rings is 1. The average molecular weight is 352 g/mol. The van der Waals surface area contributed by atoms with Gasteiger partial charge in [0.15, 0.2) is 0 Å². The van der Waals surface area contributed by atoms with E-state index in [2.05, 4.69) is 74.8 Å². The Morgan fingerprint density at radius 1 is 1.04 bits per heavy atom. The van der Waals surface area contributed by atoms with Crippen LogP contribution in [0.25, 0.3) is 11.1 Å². The molecule has 2 aromatic carbocycles. The van der Waals surface area contributed by atoms with Gasteiger partial charge >= 0.3 is 0 Å². The van der Waals surface area contributed by atoms with Gasteiger partial charge in [0.1, 0.15) is 5.75 Å². The fraction of sp³-hybridized carbons (Fsp3) is 0.273. The quantitative estimate of drug-likeness (QED) is 0.555. The molecule has 1 aromatic heterocycles. The molecule has 3 aromatic rings. The summed E-state index contributed by atoms with van der Waals surface area (Å²) < 4.78 is 5.57. The molecule has 0 aliphatic heterocycles. The molecule has 0 bridgehead atoms. The molecule has 0 aliphatic carbocycles. The molecule has 1 N–H and O–H groups in total. The van der Waals surface area contributed by atoms with E-state index in [-0.39, 0.29) is 0 Å². The number of ether oxygens (including phenoxy) is 1. The third-order valence-corrected chi connectivity index (χ3v) is 5.66. The topological polar surface area (TPSA) is 21.3 Å². The molecule has 0 unspecified atom stereocenters. The summed E-state index contributed by atoms with van der Waals surface area (Å²) in [7, 11) is 1.74. The van der Waals surface area contributed by atoms with Crippen LogP contribution in [-0.2, 0) is 6.42 Å². The lowest BCUT2D eigenvalue weighted by Gasteiger charge is -2.14. The third kappa shape index (κ3) is 3.57. The maximum atomic E-state index is 5.57.